The fourth-order valence-corrected chi connectivity index (χ4v) is 2.98. The van der Waals surface area contributed by atoms with E-state index in [1.807, 2.05) is 6.07 Å². The van der Waals surface area contributed by atoms with Gasteiger partial charge in [0.25, 0.3) is 0 Å². The normalized spacial score (nSPS) is 28.1. The van der Waals surface area contributed by atoms with E-state index in [0.717, 1.165) is 17.0 Å². The van der Waals surface area contributed by atoms with Crippen LogP contribution in [0.25, 0.3) is 0 Å². The highest BCUT2D eigenvalue weighted by Crippen LogP contribution is 2.49. The van der Waals surface area contributed by atoms with Gasteiger partial charge in [0.1, 0.15) is 0 Å². The quantitative estimate of drug-likeness (QED) is 0.887. The molecule has 0 aromatic heterocycles. The molecule has 2 unspecified atom stereocenters. The number of benzene rings is 1. The zero-order valence-electron chi connectivity index (χ0n) is 9.05. The van der Waals surface area contributed by atoms with E-state index in [2.05, 4.69) is 33.4 Å². The molecular formula is C13H15BrClN. The molecule has 0 aliphatic heterocycles. The average molecular weight is 301 g/mol. The molecule has 1 N–H and O–H groups in total. The lowest BCUT2D eigenvalue weighted by Crippen LogP contribution is -2.19. The Labute approximate surface area is 110 Å². The standard InChI is InChI=1S/C13H15BrClN/c14-13-4-1-9(15)6-12(13)11-5-8(11)7-16-10-2-3-10/h1,4,6,8,10-11,16H,2-3,5,7H2. The lowest BCUT2D eigenvalue weighted by atomic mass is 10.1. The third-order valence-electron chi connectivity index (χ3n) is 3.53. The van der Waals surface area contributed by atoms with Crippen molar-refractivity contribution in [2.75, 3.05) is 6.54 Å². The summed E-state index contributed by atoms with van der Waals surface area (Å²) in [7, 11) is 0. The molecule has 86 valence electrons. The lowest BCUT2D eigenvalue weighted by Gasteiger charge is -2.05. The van der Waals surface area contributed by atoms with Crippen LogP contribution in [0.4, 0.5) is 0 Å². The highest BCUT2D eigenvalue weighted by atomic mass is 79.9. The Morgan fingerprint density at radius 1 is 1.38 bits per heavy atom. The van der Waals surface area contributed by atoms with Gasteiger partial charge >= 0.3 is 0 Å². The number of nitrogens with one attached hydrogen (secondary N) is 1. The summed E-state index contributed by atoms with van der Waals surface area (Å²) < 4.78 is 1.20. The van der Waals surface area contributed by atoms with E-state index < -0.39 is 0 Å². The molecule has 3 rings (SSSR count). The van der Waals surface area contributed by atoms with Gasteiger partial charge in [-0.3, -0.25) is 0 Å². The van der Waals surface area contributed by atoms with E-state index in [9.17, 15) is 0 Å². The van der Waals surface area contributed by atoms with Crippen LogP contribution in [0.2, 0.25) is 5.02 Å². The van der Waals surface area contributed by atoms with Crippen LogP contribution >= 0.6 is 27.5 Å². The van der Waals surface area contributed by atoms with Crippen molar-refractivity contribution >= 4 is 27.5 Å². The first-order valence-corrected chi connectivity index (χ1v) is 7.09. The first kappa shape index (κ1) is 11.1. The lowest BCUT2D eigenvalue weighted by molar-refractivity contribution is 0.623. The summed E-state index contributed by atoms with van der Waals surface area (Å²) in [5.41, 5.74) is 1.38. The third kappa shape index (κ3) is 2.44. The van der Waals surface area contributed by atoms with Gasteiger partial charge in [-0.15, -0.1) is 0 Å². The van der Waals surface area contributed by atoms with Crippen molar-refractivity contribution in [3.63, 3.8) is 0 Å². The molecule has 0 bridgehead atoms. The van der Waals surface area contributed by atoms with Gasteiger partial charge in [0.05, 0.1) is 0 Å². The monoisotopic (exact) mass is 299 g/mol. The smallest absolute Gasteiger partial charge is 0.0409 e. The van der Waals surface area contributed by atoms with E-state index in [4.69, 9.17) is 11.6 Å². The second-order valence-electron chi connectivity index (χ2n) is 4.95. The summed E-state index contributed by atoms with van der Waals surface area (Å²) in [4.78, 5) is 0. The van der Waals surface area contributed by atoms with Gasteiger partial charge in [-0.25, -0.2) is 0 Å². The van der Waals surface area contributed by atoms with Gasteiger partial charge in [0, 0.05) is 15.5 Å². The van der Waals surface area contributed by atoms with Crippen LogP contribution in [0, 0.1) is 5.92 Å². The SMILES string of the molecule is Clc1ccc(Br)c(C2CC2CNC2CC2)c1. The fraction of sp³-hybridized carbons (Fsp3) is 0.538. The number of halogens is 2. The summed E-state index contributed by atoms with van der Waals surface area (Å²) in [5, 5.41) is 4.45. The second kappa shape index (κ2) is 4.32. The average Bonchev–Trinajstić information content (AvgIpc) is 3.13. The first-order chi connectivity index (χ1) is 7.74. The fourth-order valence-electron chi connectivity index (χ4n) is 2.26. The van der Waals surface area contributed by atoms with Crippen LogP contribution in [-0.4, -0.2) is 12.6 Å². The second-order valence-corrected chi connectivity index (χ2v) is 6.24. The minimum Gasteiger partial charge on any atom is -0.314 e. The summed E-state index contributed by atoms with van der Waals surface area (Å²) in [6.45, 7) is 1.17. The minimum absolute atomic E-state index is 0.708. The molecule has 1 nitrogen and oxygen atoms in total. The molecular weight excluding hydrogens is 286 g/mol. The minimum atomic E-state index is 0.708. The zero-order chi connectivity index (χ0) is 11.1. The number of rotatable bonds is 4. The van der Waals surface area contributed by atoms with Gasteiger partial charge in [-0.2, -0.15) is 0 Å². The Kier molecular flexibility index (Phi) is 2.99. The van der Waals surface area contributed by atoms with Gasteiger partial charge < -0.3 is 5.32 Å². The van der Waals surface area contributed by atoms with Crippen molar-refractivity contribution in [3.05, 3.63) is 33.3 Å². The molecule has 0 heterocycles. The molecule has 0 radical (unpaired) electrons. The molecule has 0 saturated heterocycles. The summed E-state index contributed by atoms with van der Waals surface area (Å²) >= 11 is 9.65. The molecule has 3 heteroatoms. The Morgan fingerprint density at radius 2 is 2.19 bits per heavy atom. The Morgan fingerprint density at radius 3 is 2.94 bits per heavy atom. The van der Waals surface area contributed by atoms with Crippen molar-refractivity contribution in [1.82, 2.24) is 5.32 Å². The van der Waals surface area contributed by atoms with Gasteiger partial charge in [-0.05, 0) is 61.4 Å². The maximum Gasteiger partial charge on any atom is 0.0409 e. The Balaban J connectivity index is 1.62. The molecule has 2 aliphatic rings. The highest BCUT2D eigenvalue weighted by Gasteiger charge is 2.39. The summed E-state index contributed by atoms with van der Waals surface area (Å²) in [5.74, 6) is 1.52. The van der Waals surface area contributed by atoms with Gasteiger partial charge in [0.15, 0.2) is 0 Å². The molecule has 2 fully saturated rings. The first-order valence-electron chi connectivity index (χ1n) is 5.92. The number of hydrogen-bond acceptors (Lipinski definition) is 1. The van der Waals surface area contributed by atoms with Crippen LogP contribution in [0.3, 0.4) is 0 Å². The largest absolute Gasteiger partial charge is 0.314 e. The van der Waals surface area contributed by atoms with Crippen molar-refractivity contribution in [2.45, 2.75) is 31.2 Å². The molecule has 1 aromatic rings. The molecule has 2 atom stereocenters. The van der Waals surface area contributed by atoms with Crippen molar-refractivity contribution in [2.24, 2.45) is 5.92 Å². The van der Waals surface area contributed by atoms with Crippen LogP contribution < -0.4 is 5.32 Å². The van der Waals surface area contributed by atoms with Crippen molar-refractivity contribution in [3.8, 4) is 0 Å². The molecule has 1 aromatic carbocycles. The molecule has 2 aliphatic carbocycles. The van der Waals surface area contributed by atoms with Crippen LogP contribution in [0.15, 0.2) is 22.7 Å². The Bertz CT molecular complexity index is 403. The molecule has 2 saturated carbocycles. The van der Waals surface area contributed by atoms with E-state index in [0.29, 0.717) is 5.92 Å². The Hall–Kier alpha value is -0.0500. The predicted molar refractivity (Wildman–Crippen MR) is 71.0 cm³/mol. The van der Waals surface area contributed by atoms with Gasteiger partial charge in [-0.1, -0.05) is 27.5 Å². The number of hydrogen-bond donors (Lipinski definition) is 1. The maximum atomic E-state index is 6.04. The van der Waals surface area contributed by atoms with Gasteiger partial charge in [0.2, 0.25) is 0 Å². The van der Waals surface area contributed by atoms with Crippen molar-refractivity contribution in [1.29, 1.82) is 0 Å². The third-order valence-corrected chi connectivity index (χ3v) is 4.48. The molecule has 16 heavy (non-hydrogen) atoms. The van der Waals surface area contributed by atoms with Crippen LogP contribution in [-0.2, 0) is 0 Å². The maximum absolute atomic E-state index is 6.04. The predicted octanol–water partition coefficient (Wildman–Crippen LogP) is 3.96. The topological polar surface area (TPSA) is 12.0 Å². The molecule has 0 spiro atoms. The van der Waals surface area contributed by atoms with E-state index >= 15 is 0 Å². The van der Waals surface area contributed by atoms with E-state index in [-0.39, 0.29) is 0 Å². The summed E-state index contributed by atoms with van der Waals surface area (Å²) in [6.07, 6.45) is 4.05. The highest BCUT2D eigenvalue weighted by molar-refractivity contribution is 9.10. The molecule has 0 amide bonds. The summed E-state index contributed by atoms with van der Waals surface area (Å²) in [6, 6.07) is 6.92. The van der Waals surface area contributed by atoms with Crippen LogP contribution in [0.5, 0.6) is 0 Å². The van der Waals surface area contributed by atoms with E-state index in [1.165, 1.54) is 35.8 Å². The van der Waals surface area contributed by atoms with Crippen LogP contribution in [0.1, 0.15) is 30.7 Å². The zero-order valence-corrected chi connectivity index (χ0v) is 11.4. The van der Waals surface area contributed by atoms with Crippen molar-refractivity contribution < 1.29 is 0 Å². The van der Waals surface area contributed by atoms with E-state index in [1.54, 1.807) is 0 Å².